The van der Waals surface area contributed by atoms with Crippen LogP contribution in [0.5, 0.6) is 0 Å². The number of anilines is 1. The molecule has 1 aliphatic heterocycles. The van der Waals surface area contributed by atoms with E-state index < -0.39 is 0 Å². The van der Waals surface area contributed by atoms with Crippen LogP contribution in [0.25, 0.3) is 0 Å². The molecule has 1 amide bonds. The Balaban J connectivity index is 2.44. The normalized spacial score (nSPS) is 15.2. The highest BCUT2D eigenvalue weighted by Crippen LogP contribution is 2.33. The maximum Gasteiger partial charge on any atom is 0.271 e. The third-order valence-corrected chi connectivity index (χ3v) is 3.76. The van der Waals surface area contributed by atoms with Crippen molar-refractivity contribution in [2.45, 2.75) is 20.3 Å². The molecule has 1 aromatic heterocycles. The average molecular weight is 222 g/mol. The van der Waals surface area contributed by atoms with Crippen molar-refractivity contribution >= 4 is 22.9 Å². The molecule has 80 valence electrons. The van der Waals surface area contributed by atoms with Crippen molar-refractivity contribution in [3.8, 4) is 0 Å². The molecule has 0 spiro atoms. The van der Waals surface area contributed by atoms with Crippen LogP contribution in [0.1, 0.15) is 28.4 Å². The van der Waals surface area contributed by atoms with Crippen LogP contribution in [-0.4, -0.2) is 17.4 Å². The fraction of sp³-hybridized carbons (Fsp3) is 0.364. The summed E-state index contributed by atoms with van der Waals surface area (Å²) in [5, 5.41) is 3.17. The Morgan fingerprint density at radius 3 is 2.87 bits per heavy atom. The molecule has 15 heavy (non-hydrogen) atoms. The van der Waals surface area contributed by atoms with E-state index in [2.05, 4.69) is 18.8 Å². The molecule has 0 saturated heterocycles. The zero-order chi connectivity index (χ0) is 11.0. The van der Waals surface area contributed by atoms with Gasteiger partial charge in [0.05, 0.1) is 5.69 Å². The fourth-order valence-corrected chi connectivity index (χ4v) is 2.67. The summed E-state index contributed by atoms with van der Waals surface area (Å²) in [6.07, 6.45) is 0.964. The molecule has 1 N–H and O–H groups in total. The number of carbonyl (C=O) groups excluding carboxylic acids is 1. The predicted octanol–water partition coefficient (Wildman–Crippen LogP) is 2.67. The SMILES string of the molecule is C=C1Nc2cc(CC)sc2C(=O)N1CC. The lowest BCUT2D eigenvalue weighted by Crippen LogP contribution is -2.36. The molecular formula is C11H14N2OS. The first kappa shape index (κ1) is 10.2. The summed E-state index contributed by atoms with van der Waals surface area (Å²) in [5.74, 6) is 0.747. The molecule has 0 aliphatic carbocycles. The van der Waals surface area contributed by atoms with E-state index in [1.807, 2.05) is 13.0 Å². The quantitative estimate of drug-likeness (QED) is 0.834. The Morgan fingerprint density at radius 1 is 1.53 bits per heavy atom. The molecule has 0 aromatic carbocycles. The first-order valence-electron chi connectivity index (χ1n) is 5.07. The molecule has 0 atom stereocenters. The van der Waals surface area contributed by atoms with Gasteiger partial charge < -0.3 is 5.32 Å². The van der Waals surface area contributed by atoms with Crippen molar-refractivity contribution in [1.82, 2.24) is 4.90 Å². The predicted molar refractivity (Wildman–Crippen MR) is 63.2 cm³/mol. The maximum atomic E-state index is 12.0. The second-order valence-corrected chi connectivity index (χ2v) is 4.57. The van der Waals surface area contributed by atoms with Crippen LogP contribution in [0.3, 0.4) is 0 Å². The standard InChI is InChI=1S/C11H14N2OS/c1-4-8-6-9-10(15-8)11(14)13(5-2)7(3)12-9/h6,12H,3-5H2,1-2H3. The summed E-state index contributed by atoms with van der Waals surface area (Å²) in [5.41, 5.74) is 0.913. The van der Waals surface area contributed by atoms with Crippen LogP contribution in [0.2, 0.25) is 0 Å². The van der Waals surface area contributed by atoms with Gasteiger partial charge in [0, 0.05) is 11.4 Å². The van der Waals surface area contributed by atoms with Crippen LogP contribution in [0, 0.1) is 0 Å². The number of rotatable bonds is 2. The Kier molecular flexibility index (Phi) is 2.52. The number of hydrogen-bond acceptors (Lipinski definition) is 3. The zero-order valence-electron chi connectivity index (χ0n) is 8.96. The van der Waals surface area contributed by atoms with Crippen molar-refractivity contribution < 1.29 is 4.79 Å². The van der Waals surface area contributed by atoms with Gasteiger partial charge in [-0.1, -0.05) is 13.5 Å². The largest absolute Gasteiger partial charge is 0.341 e. The molecular weight excluding hydrogens is 208 g/mol. The van der Waals surface area contributed by atoms with Crippen LogP contribution in [-0.2, 0) is 6.42 Å². The summed E-state index contributed by atoms with van der Waals surface area (Å²) in [6.45, 7) is 8.55. The number of aryl methyl sites for hydroxylation is 1. The van der Waals surface area contributed by atoms with Crippen molar-refractivity contribution in [3.05, 3.63) is 28.2 Å². The number of amides is 1. The summed E-state index contributed by atoms with van der Waals surface area (Å²) in [4.78, 5) is 15.7. The maximum absolute atomic E-state index is 12.0. The Hall–Kier alpha value is -1.29. The Bertz CT molecular complexity index is 422. The molecule has 4 heteroatoms. The number of fused-ring (bicyclic) bond motifs is 1. The minimum Gasteiger partial charge on any atom is -0.341 e. The molecule has 0 unspecified atom stereocenters. The van der Waals surface area contributed by atoms with Gasteiger partial charge in [0.25, 0.3) is 5.91 Å². The average Bonchev–Trinajstić information content (AvgIpc) is 2.61. The van der Waals surface area contributed by atoms with Gasteiger partial charge in [0.15, 0.2) is 0 Å². The molecule has 0 radical (unpaired) electrons. The van der Waals surface area contributed by atoms with Crippen molar-refractivity contribution in [3.63, 3.8) is 0 Å². The Morgan fingerprint density at radius 2 is 2.27 bits per heavy atom. The first-order chi connectivity index (χ1) is 7.17. The van der Waals surface area contributed by atoms with E-state index in [1.165, 1.54) is 4.88 Å². The second kappa shape index (κ2) is 3.70. The van der Waals surface area contributed by atoms with Crippen LogP contribution >= 0.6 is 11.3 Å². The number of nitrogens with one attached hydrogen (secondary N) is 1. The van der Waals surface area contributed by atoms with Gasteiger partial charge >= 0.3 is 0 Å². The molecule has 1 aliphatic rings. The van der Waals surface area contributed by atoms with Crippen LogP contribution in [0.4, 0.5) is 5.69 Å². The van der Waals surface area contributed by atoms with E-state index in [-0.39, 0.29) is 5.91 Å². The van der Waals surface area contributed by atoms with Crippen molar-refractivity contribution in [2.24, 2.45) is 0 Å². The number of carbonyl (C=O) groups is 1. The van der Waals surface area contributed by atoms with Crippen molar-refractivity contribution in [2.75, 3.05) is 11.9 Å². The zero-order valence-corrected chi connectivity index (χ0v) is 9.78. The van der Waals surface area contributed by atoms with Gasteiger partial charge in [-0.15, -0.1) is 11.3 Å². The smallest absolute Gasteiger partial charge is 0.271 e. The number of thiophene rings is 1. The van der Waals surface area contributed by atoms with E-state index in [0.29, 0.717) is 12.4 Å². The van der Waals surface area contributed by atoms with Crippen LogP contribution < -0.4 is 5.32 Å². The summed E-state index contributed by atoms with van der Waals surface area (Å²) in [6, 6.07) is 2.04. The third-order valence-electron chi connectivity index (χ3n) is 2.49. The lowest BCUT2D eigenvalue weighted by Gasteiger charge is -2.28. The van der Waals surface area contributed by atoms with Gasteiger partial charge in [-0.2, -0.15) is 0 Å². The fourth-order valence-electron chi connectivity index (χ4n) is 1.67. The highest BCUT2D eigenvalue weighted by Gasteiger charge is 2.27. The molecule has 2 heterocycles. The molecule has 3 nitrogen and oxygen atoms in total. The minimum absolute atomic E-state index is 0.0703. The Labute approximate surface area is 93.4 Å². The van der Waals surface area contributed by atoms with E-state index >= 15 is 0 Å². The third kappa shape index (κ3) is 1.55. The lowest BCUT2D eigenvalue weighted by atomic mass is 10.2. The van der Waals surface area contributed by atoms with Gasteiger partial charge in [0.2, 0.25) is 0 Å². The summed E-state index contributed by atoms with van der Waals surface area (Å²) >= 11 is 1.57. The van der Waals surface area contributed by atoms with Gasteiger partial charge in [-0.25, -0.2) is 0 Å². The minimum atomic E-state index is 0.0703. The van der Waals surface area contributed by atoms with Gasteiger partial charge in [-0.05, 0) is 19.4 Å². The number of nitrogens with zero attached hydrogens (tertiary/aromatic N) is 1. The van der Waals surface area contributed by atoms with E-state index in [4.69, 9.17) is 0 Å². The molecule has 0 fully saturated rings. The van der Waals surface area contributed by atoms with Gasteiger partial charge in [-0.3, -0.25) is 9.69 Å². The second-order valence-electron chi connectivity index (χ2n) is 3.43. The van der Waals surface area contributed by atoms with Crippen molar-refractivity contribution in [1.29, 1.82) is 0 Å². The molecule has 2 rings (SSSR count). The van der Waals surface area contributed by atoms with Crippen LogP contribution in [0.15, 0.2) is 18.5 Å². The highest BCUT2D eigenvalue weighted by atomic mass is 32.1. The van der Waals surface area contributed by atoms with E-state index in [9.17, 15) is 4.79 Å². The monoisotopic (exact) mass is 222 g/mol. The molecule has 0 saturated carbocycles. The highest BCUT2D eigenvalue weighted by molar-refractivity contribution is 7.14. The van der Waals surface area contributed by atoms with E-state index in [1.54, 1.807) is 16.2 Å². The summed E-state index contributed by atoms with van der Waals surface area (Å²) < 4.78 is 0. The molecule has 1 aromatic rings. The summed E-state index contributed by atoms with van der Waals surface area (Å²) in [7, 11) is 0. The lowest BCUT2D eigenvalue weighted by molar-refractivity contribution is 0.0814. The topological polar surface area (TPSA) is 32.3 Å². The van der Waals surface area contributed by atoms with Gasteiger partial charge in [0.1, 0.15) is 10.7 Å². The number of hydrogen-bond donors (Lipinski definition) is 1. The first-order valence-corrected chi connectivity index (χ1v) is 5.89. The van der Waals surface area contributed by atoms with E-state index in [0.717, 1.165) is 17.0 Å². The molecule has 0 bridgehead atoms.